The number of nitrogen functional groups attached to an aromatic ring is 1. The molecule has 0 saturated carbocycles. The second kappa shape index (κ2) is 5.57. The lowest BCUT2D eigenvalue weighted by Gasteiger charge is -2.07. The molecule has 2 N–H and O–H groups in total. The van der Waals surface area contributed by atoms with Crippen LogP contribution in [0, 0.1) is 5.92 Å². The molecule has 0 spiro atoms. The number of benzene rings is 1. The lowest BCUT2D eigenvalue weighted by Crippen LogP contribution is -1.98. The SMILES string of the molecule is CCC(C)Cc1onc(N)c1-c1cccc(Br)c1. The lowest BCUT2D eigenvalue weighted by molar-refractivity contribution is 0.364. The zero-order valence-corrected chi connectivity index (χ0v) is 12.2. The van der Waals surface area contributed by atoms with Crippen molar-refractivity contribution in [1.82, 2.24) is 5.16 Å². The number of halogens is 1. The molecule has 0 aliphatic heterocycles. The van der Waals surface area contributed by atoms with Crippen molar-refractivity contribution in [2.45, 2.75) is 26.7 Å². The van der Waals surface area contributed by atoms with Crippen molar-refractivity contribution >= 4 is 21.7 Å². The van der Waals surface area contributed by atoms with Crippen molar-refractivity contribution in [3.8, 4) is 11.1 Å². The van der Waals surface area contributed by atoms with Crippen LogP contribution in [-0.4, -0.2) is 5.16 Å². The highest BCUT2D eigenvalue weighted by Gasteiger charge is 2.17. The van der Waals surface area contributed by atoms with Gasteiger partial charge in [0.25, 0.3) is 0 Å². The highest BCUT2D eigenvalue weighted by molar-refractivity contribution is 9.10. The van der Waals surface area contributed by atoms with E-state index in [0.29, 0.717) is 11.7 Å². The summed E-state index contributed by atoms with van der Waals surface area (Å²) in [4.78, 5) is 0. The van der Waals surface area contributed by atoms with Gasteiger partial charge in [-0.3, -0.25) is 0 Å². The van der Waals surface area contributed by atoms with E-state index in [4.69, 9.17) is 10.3 Å². The Morgan fingerprint density at radius 3 is 2.89 bits per heavy atom. The summed E-state index contributed by atoms with van der Waals surface area (Å²) in [6.45, 7) is 4.37. The summed E-state index contributed by atoms with van der Waals surface area (Å²) in [5.74, 6) is 1.90. The first-order valence-electron chi connectivity index (χ1n) is 6.11. The Hall–Kier alpha value is -1.29. The van der Waals surface area contributed by atoms with Crippen molar-refractivity contribution < 1.29 is 4.52 Å². The van der Waals surface area contributed by atoms with Gasteiger partial charge in [0.15, 0.2) is 5.82 Å². The molecule has 2 aromatic rings. The normalized spacial score (nSPS) is 12.6. The Morgan fingerprint density at radius 1 is 1.44 bits per heavy atom. The maximum atomic E-state index is 5.92. The fraction of sp³-hybridized carbons (Fsp3) is 0.357. The van der Waals surface area contributed by atoms with Gasteiger partial charge in [0.05, 0.1) is 5.56 Å². The summed E-state index contributed by atoms with van der Waals surface area (Å²) in [7, 11) is 0. The summed E-state index contributed by atoms with van der Waals surface area (Å²) < 4.78 is 6.40. The number of anilines is 1. The summed E-state index contributed by atoms with van der Waals surface area (Å²) >= 11 is 3.47. The summed E-state index contributed by atoms with van der Waals surface area (Å²) in [6.07, 6.45) is 1.97. The molecule has 1 aromatic heterocycles. The molecule has 0 aliphatic carbocycles. The van der Waals surface area contributed by atoms with E-state index in [1.165, 1.54) is 0 Å². The zero-order chi connectivity index (χ0) is 13.1. The van der Waals surface area contributed by atoms with E-state index in [-0.39, 0.29) is 0 Å². The molecule has 0 fully saturated rings. The number of nitrogens with zero attached hydrogens (tertiary/aromatic N) is 1. The number of aromatic nitrogens is 1. The number of nitrogens with two attached hydrogens (primary N) is 1. The van der Waals surface area contributed by atoms with Gasteiger partial charge < -0.3 is 10.3 Å². The minimum absolute atomic E-state index is 0.464. The Balaban J connectivity index is 2.40. The van der Waals surface area contributed by atoms with E-state index in [2.05, 4.69) is 34.9 Å². The number of hydrogen-bond acceptors (Lipinski definition) is 3. The van der Waals surface area contributed by atoms with Crippen LogP contribution >= 0.6 is 15.9 Å². The Morgan fingerprint density at radius 2 is 2.22 bits per heavy atom. The van der Waals surface area contributed by atoms with Crippen molar-refractivity contribution in [3.05, 3.63) is 34.5 Å². The van der Waals surface area contributed by atoms with E-state index in [1.54, 1.807) is 0 Å². The first-order chi connectivity index (χ1) is 8.61. The zero-order valence-electron chi connectivity index (χ0n) is 10.6. The van der Waals surface area contributed by atoms with Gasteiger partial charge in [0.1, 0.15) is 5.76 Å². The fourth-order valence-corrected chi connectivity index (χ4v) is 2.29. The van der Waals surface area contributed by atoms with E-state index in [0.717, 1.165) is 34.2 Å². The molecular formula is C14H17BrN2O. The smallest absolute Gasteiger partial charge is 0.175 e. The Bertz CT molecular complexity index is 536. The van der Waals surface area contributed by atoms with E-state index < -0.39 is 0 Å². The van der Waals surface area contributed by atoms with Gasteiger partial charge in [0.2, 0.25) is 0 Å². The van der Waals surface area contributed by atoms with Crippen molar-refractivity contribution in [3.63, 3.8) is 0 Å². The molecule has 0 saturated heterocycles. The molecule has 1 unspecified atom stereocenters. The molecule has 1 aromatic carbocycles. The van der Waals surface area contributed by atoms with Gasteiger partial charge in [-0.2, -0.15) is 0 Å². The molecule has 18 heavy (non-hydrogen) atoms. The van der Waals surface area contributed by atoms with Gasteiger partial charge in [0, 0.05) is 10.9 Å². The molecule has 0 amide bonds. The summed E-state index contributed by atoms with van der Waals surface area (Å²) in [6, 6.07) is 8.03. The van der Waals surface area contributed by atoms with Gasteiger partial charge in [-0.25, -0.2) is 0 Å². The topological polar surface area (TPSA) is 52.0 Å². The Kier molecular flexibility index (Phi) is 4.07. The van der Waals surface area contributed by atoms with Crippen LogP contribution in [0.3, 0.4) is 0 Å². The Labute approximate surface area is 115 Å². The quantitative estimate of drug-likeness (QED) is 0.917. The minimum atomic E-state index is 0.464. The van der Waals surface area contributed by atoms with Crippen LogP contribution in [0.25, 0.3) is 11.1 Å². The molecule has 96 valence electrons. The maximum absolute atomic E-state index is 5.92. The van der Waals surface area contributed by atoms with E-state index >= 15 is 0 Å². The molecule has 2 rings (SSSR count). The minimum Gasteiger partial charge on any atom is -0.380 e. The first-order valence-corrected chi connectivity index (χ1v) is 6.91. The van der Waals surface area contributed by atoms with Crippen LogP contribution in [0.4, 0.5) is 5.82 Å². The van der Waals surface area contributed by atoms with Crippen LogP contribution in [-0.2, 0) is 6.42 Å². The third kappa shape index (κ3) is 2.75. The summed E-state index contributed by atoms with van der Waals surface area (Å²) in [5.41, 5.74) is 7.89. The van der Waals surface area contributed by atoms with E-state index in [1.807, 2.05) is 24.3 Å². The second-order valence-electron chi connectivity index (χ2n) is 4.59. The molecule has 0 bridgehead atoms. The molecular weight excluding hydrogens is 292 g/mol. The largest absolute Gasteiger partial charge is 0.380 e. The monoisotopic (exact) mass is 308 g/mol. The predicted octanol–water partition coefficient (Wildman–Crippen LogP) is 4.27. The molecule has 0 aliphatic rings. The van der Waals surface area contributed by atoms with E-state index in [9.17, 15) is 0 Å². The van der Waals surface area contributed by atoms with Crippen LogP contribution in [0.2, 0.25) is 0 Å². The first kappa shape index (κ1) is 13.1. The average molecular weight is 309 g/mol. The van der Waals surface area contributed by atoms with Gasteiger partial charge >= 0.3 is 0 Å². The van der Waals surface area contributed by atoms with Gasteiger partial charge in [-0.15, -0.1) is 0 Å². The van der Waals surface area contributed by atoms with Gasteiger partial charge in [-0.05, 0) is 23.6 Å². The highest BCUT2D eigenvalue weighted by atomic mass is 79.9. The maximum Gasteiger partial charge on any atom is 0.175 e. The van der Waals surface area contributed by atoms with Crippen LogP contribution in [0.15, 0.2) is 33.3 Å². The molecule has 1 heterocycles. The number of rotatable bonds is 4. The average Bonchev–Trinajstić information content (AvgIpc) is 2.70. The highest BCUT2D eigenvalue weighted by Crippen LogP contribution is 2.32. The lowest BCUT2D eigenvalue weighted by atomic mass is 9.98. The third-order valence-electron chi connectivity index (χ3n) is 3.13. The number of hydrogen-bond donors (Lipinski definition) is 1. The fourth-order valence-electron chi connectivity index (χ4n) is 1.89. The molecule has 3 nitrogen and oxygen atoms in total. The van der Waals surface area contributed by atoms with Crippen LogP contribution < -0.4 is 5.73 Å². The third-order valence-corrected chi connectivity index (χ3v) is 3.63. The molecule has 1 atom stereocenters. The van der Waals surface area contributed by atoms with Crippen molar-refractivity contribution in [2.75, 3.05) is 5.73 Å². The van der Waals surface area contributed by atoms with Crippen LogP contribution in [0.1, 0.15) is 26.0 Å². The standard InChI is InChI=1S/C14H17BrN2O/c1-3-9(2)7-12-13(14(16)17-18-12)10-5-4-6-11(15)8-10/h4-6,8-9H,3,7H2,1-2H3,(H2,16,17). The van der Waals surface area contributed by atoms with Crippen LogP contribution in [0.5, 0.6) is 0 Å². The van der Waals surface area contributed by atoms with Gasteiger partial charge in [-0.1, -0.05) is 53.5 Å². The van der Waals surface area contributed by atoms with Crippen molar-refractivity contribution in [2.24, 2.45) is 5.92 Å². The summed E-state index contributed by atoms with van der Waals surface area (Å²) in [5, 5.41) is 3.90. The molecule has 0 radical (unpaired) electrons. The second-order valence-corrected chi connectivity index (χ2v) is 5.51. The predicted molar refractivity (Wildman–Crippen MR) is 77.2 cm³/mol. The molecule has 4 heteroatoms. The van der Waals surface area contributed by atoms with Crippen molar-refractivity contribution in [1.29, 1.82) is 0 Å².